The first kappa shape index (κ1) is 53.6. The Morgan fingerprint density at radius 1 is 0.610 bits per heavy atom. The molecule has 2 fully saturated rings. The first-order chi connectivity index (χ1) is 37.5. The van der Waals surface area contributed by atoms with E-state index in [9.17, 15) is 9.59 Å². The number of piperidine rings is 2. The van der Waals surface area contributed by atoms with Crippen molar-refractivity contribution in [1.82, 2.24) is 41.0 Å². The molecule has 2 saturated heterocycles. The van der Waals surface area contributed by atoms with Gasteiger partial charge in [-0.25, -0.2) is 9.59 Å². The second-order valence-electron chi connectivity index (χ2n) is 22.1. The molecule has 6 heterocycles. The molecule has 77 heavy (non-hydrogen) atoms. The molecule has 6 aromatic rings. The first-order valence-electron chi connectivity index (χ1n) is 27.9. The minimum absolute atomic E-state index is 0.0572. The maximum absolute atomic E-state index is 12.9. The van der Waals surface area contributed by atoms with E-state index in [4.69, 9.17) is 14.5 Å². The van der Waals surface area contributed by atoms with Crippen LogP contribution in [0.3, 0.4) is 0 Å². The van der Waals surface area contributed by atoms with Gasteiger partial charge in [-0.15, -0.1) is 0 Å². The van der Waals surface area contributed by atoms with Crippen LogP contribution < -0.4 is 31.1 Å². The number of benzene rings is 4. The van der Waals surface area contributed by atoms with E-state index in [0.29, 0.717) is 12.1 Å². The van der Waals surface area contributed by atoms with Crippen LogP contribution in [0.4, 0.5) is 21.0 Å². The Hall–Kier alpha value is -6.84. The Kier molecular flexibility index (Phi) is 17.8. The van der Waals surface area contributed by atoms with Gasteiger partial charge in [-0.2, -0.15) is 0 Å². The van der Waals surface area contributed by atoms with E-state index in [-0.39, 0.29) is 37.5 Å². The van der Waals surface area contributed by atoms with E-state index in [1.54, 1.807) is 0 Å². The number of nitrogens with zero attached hydrogens (tertiary/aromatic N) is 6. The summed E-state index contributed by atoms with van der Waals surface area (Å²) in [6.07, 6.45) is 9.34. The number of likely N-dealkylation sites (N-methyl/N-ethyl adjacent to an activating group) is 2. The van der Waals surface area contributed by atoms with Crippen LogP contribution in [0.2, 0.25) is 0 Å². The van der Waals surface area contributed by atoms with Crippen molar-refractivity contribution in [2.75, 3.05) is 63.2 Å². The van der Waals surface area contributed by atoms with E-state index in [1.165, 1.54) is 50.3 Å². The standard InChI is InChI=1S/C63H78N10O4/c1-44-29-50(59(67-35-44)41-71(4)39-54-33-56-49(36-65-54)18-11-19-60(56)72-25-20-52(21-26-72)68-62(74)76-42-46-14-7-5-8-15-46)30-48-31-51-37-66-55(38-70(3)40-58-45(2)13-12-24-64-58)34-57(51)61(32-48)73-27-22-53(23-28-73)69-63(75)77-43-47-16-9-6-10-17-47/h5-19,24,29,31-32,35,52-55,65-66H,20-23,25-28,30,33-34,36-43H2,1-4H3,(H,68,74)(H,69,75)/t54-,55-/m1/s1. The molecule has 4 aliphatic heterocycles. The van der Waals surface area contributed by atoms with Gasteiger partial charge in [-0.1, -0.05) is 91.0 Å². The van der Waals surface area contributed by atoms with Crippen LogP contribution in [-0.2, 0) is 68.1 Å². The van der Waals surface area contributed by atoms with Crippen molar-refractivity contribution in [1.29, 1.82) is 0 Å². The van der Waals surface area contributed by atoms with E-state index in [0.717, 1.165) is 138 Å². The predicted molar refractivity (Wildman–Crippen MR) is 305 cm³/mol. The highest BCUT2D eigenvalue weighted by molar-refractivity contribution is 5.68. The molecule has 4 aromatic carbocycles. The minimum Gasteiger partial charge on any atom is -0.445 e. The van der Waals surface area contributed by atoms with Crippen LogP contribution >= 0.6 is 0 Å². The average Bonchev–Trinajstić information content (AvgIpc) is 3.47. The quantitative estimate of drug-likeness (QED) is 0.0655. The lowest BCUT2D eigenvalue weighted by Crippen LogP contribution is -2.46. The molecule has 2 aromatic heterocycles. The Bertz CT molecular complexity index is 2920. The Balaban J connectivity index is 0.785. The molecule has 4 N–H and O–H groups in total. The first-order valence-corrected chi connectivity index (χ1v) is 27.9. The van der Waals surface area contributed by atoms with E-state index >= 15 is 0 Å². The molecule has 4 aliphatic rings. The van der Waals surface area contributed by atoms with Gasteiger partial charge >= 0.3 is 12.2 Å². The second kappa shape index (κ2) is 25.5. The molecule has 14 heteroatoms. The fourth-order valence-electron chi connectivity index (χ4n) is 11.9. The van der Waals surface area contributed by atoms with E-state index in [2.05, 4.69) is 116 Å². The van der Waals surface area contributed by atoms with Gasteiger partial charge in [0.15, 0.2) is 0 Å². The maximum atomic E-state index is 12.9. The number of rotatable bonds is 18. The Morgan fingerprint density at radius 2 is 1.17 bits per heavy atom. The number of fused-ring (bicyclic) bond motifs is 2. The fraction of sp³-hybridized carbons (Fsp3) is 0.429. The molecule has 0 bridgehead atoms. The molecule has 2 atom stereocenters. The lowest BCUT2D eigenvalue weighted by molar-refractivity contribution is 0.133. The van der Waals surface area contributed by atoms with Crippen LogP contribution in [0.5, 0.6) is 0 Å². The van der Waals surface area contributed by atoms with Crippen LogP contribution in [0.25, 0.3) is 0 Å². The molecule has 14 nitrogen and oxygen atoms in total. The van der Waals surface area contributed by atoms with Crippen molar-refractivity contribution in [3.05, 3.63) is 189 Å². The van der Waals surface area contributed by atoms with E-state index < -0.39 is 0 Å². The van der Waals surface area contributed by atoms with Crippen LogP contribution in [0, 0.1) is 13.8 Å². The number of aryl methyl sites for hydroxylation is 2. The molecule has 0 aliphatic carbocycles. The summed E-state index contributed by atoms with van der Waals surface area (Å²) in [4.78, 5) is 45.3. The van der Waals surface area contributed by atoms with Gasteiger partial charge in [-0.3, -0.25) is 19.8 Å². The van der Waals surface area contributed by atoms with Gasteiger partial charge in [0.2, 0.25) is 0 Å². The second-order valence-corrected chi connectivity index (χ2v) is 22.1. The number of aromatic nitrogens is 2. The van der Waals surface area contributed by atoms with Gasteiger partial charge < -0.3 is 40.5 Å². The number of amides is 2. The summed E-state index contributed by atoms with van der Waals surface area (Å²) in [6.45, 7) is 13.3. The van der Waals surface area contributed by atoms with Crippen molar-refractivity contribution >= 4 is 23.6 Å². The summed E-state index contributed by atoms with van der Waals surface area (Å²) >= 11 is 0. The van der Waals surface area contributed by atoms with Crippen molar-refractivity contribution in [3.63, 3.8) is 0 Å². The number of carbonyl (C=O) groups is 2. The number of nitrogens with one attached hydrogen (secondary N) is 4. The zero-order valence-electron chi connectivity index (χ0n) is 45.6. The summed E-state index contributed by atoms with van der Waals surface area (Å²) in [7, 11) is 4.43. The molecule has 2 amide bonds. The molecular formula is C63H78N10O4. The monoisotopic (exact) mass is 1040 g/mol. The topological polar surface area (TPSA) is 139 Å². The highest BCUT2D eigenvalue weighted by Crippen LogP contribution is 2.35. The zero-order valence-corrected chi connectivity index (χ0v) is 45.6. The molecule has 0 unspecified atom stereocenters. The van der Waals surface area contributed by atoms with Gasteiger partial charge in [0.05, 0.1) is 11.4 Å². The van der Waals surface area contributed by atoms with Crippen LogP contribution in [0.15, 0.2) is 122 Å². The third kappa shape index (κ3) is 14.4. The Morgan fingerprint density at radius 3 is 1.77 bits per heavy atom. The van der Waals surface area contributed by atoms with Gasteiger partial charge in [0.25, 0.3) is 0 Å². The number of hydrogen-bond acceptors (Lipinski definition) is 12. The van der Waals surface area contributed by atoms with Gasteiger partial charge in [0.1, 0.15) is 13.2 Å². The molecule has 10 rings (SSSR count). The number of alkyl carbamates (subject to hydrolysis) is 2. The molecule has 0 radical (unpaired) electrons. The highest BCUT2D eigenvalue weighted by atomic mass is 16.6. The van der Waals surface area contributed by atoms with Crippen molar-refractivity contribution in [2.24, 2.45) is 0 Å². The smallest absolute Gasteiger partial charge is 0.407 e. The summed E-state index contributed by atoms with van der Waals surface area (Å²) in [5, 5.41) is 14.1. The number of carbonyl (C=O) groups excluding carboxylic acids is 2. The SMILES string of the molecule is Cc1cnc(CN(C)C[C@H]2Cc3c(cccc3N3CCC(NC(=O)OCc4ccccc4)CC3)CN2)c(Cc2cc3c(c(N4CCC(NC(=O)OCc5ccccc5)CC4)c2)C[C@H](CN(C)Cc2ncccc2C)NC3)c1. The number of hydrogen-bond donors (Lipinski definition) is 4. The Labute approximate surface area is 456 Å². The molecule has 404 valence electrons. The maximum Gasteiger partial charge on any atom is 0.407 e. The predicted octanol–water partition coefficient (Wildman–Crippen LogP) is 8.77. The summed E-state index contributed by atoms with van der Waals surface area (Å²) in [5.74, 6) is 0. The zero-order chi connectivity index (χ0) is 53.1. The normalized spacial score (nSPS) is 17.9. The number of pyridine rings is 2. The van der Waals surface area contributed by atoms with Crippen molar-refractivity contribution in [3.8, 4) is 0 Å². The van der Waals surface area contributed by atoms with Crippen molar-refractivity contribution in [2.45, 2.75) is 122 Å². The third-order valence-electron chi connectivity index (χ3n) is 16.0. The molecule has 0 spiro atoms. The average molecular weight is 1040 g/mol. The largest absolute Gasteiger partial charge is 0.445 e. The molecular weight excluding hydrogens is 961 g/mol. The lowest BCUT2D eigenvalue weighted by Gasteiger charge is -2.38. The van der Waals surface area contributed by atoms with Crippen LogP contribution in [0.1, 0.15) is 92.7 Å². The minimum atomic E-state index is -0.355. The summed E-state index contributed by atoms with van der Waals surface area (Å²) in [6, 6.07) is 38.5. The van der Waals surface area contributed by atoms with Crippen LogP contribution in [-0.4, -0.2) is 109 Å². The van der Waals surface area contributed by atoms with E-state index in [1.807, 2.05) is 79.1 Å². The van der Waals surface area contributed by atoms with Gasteiger partial charge in [0, 0.05) is 113 Å². The number of ether oxygens (including phenoxy) is 2. The number of anilines is 2. The molecule has 0 saturated carbocycles. The summed E-state index contributed by atoms with van der Waals surface area (Å²) in [5.41, 5.74) is 17.4. The summed E-state index contributed by atoms with van der Waals surface area (Å²) < 4.78 is 11.1. The third-order valence-corrected chi connectivity index (χ3v) is 16.0. The highest BCUT2D eigenvalue weighted by Gasteiger charge is 2.30. The lowest BCUT2D eigenvalue weighted by atomic mass is 9.89. The van der Waals surface area contributed by atoms with Crippen molar-refractivity contribution < 1.29 is 19.1 Å². The fourth-order valence-corrected chi connectivity index (χ4v) is 11.9. The van der Waals surface area contributed by atoms with Gasteiger partial charge in [-0.05, 0) is 147 Å².